The highest BCUT2D eigenvalue weighted by molar-refractivity contribution is 5.67. The van der Waals surface area contributed by atoms with E-state index >= 15 is 0 Å². The second-order valence-electron chi connectivity index (χ2n) is 6.39. The number of halogens is 1. The summed E-state index contributed by atoms with van der Waals surface area (Å²) >= 11 is 0. The van der Waals surface area contributed by atoms with Gasteiger partial charge in [0.25, 0.3) is 0 Å². The zero-order valence-corrected chi connectivity index (χ0v) is 15.5. The number of nitrogens with one attached hydrogen (secondary N) is 2. The number of benzene rings is 1. The van der Waals surface area contributed by atoms with Gasteiger partial charge in [0.15, 0.2) is 0 Å². The van der Waals surface area contributed by atoms with Crippen molar-refractivity contribution in [2.24, 2.45) is 0 Å². The summed E-state index contributed by atoms with van der Waals surface area (Å²) in [6.07, 6.45) is 4.41. The van der Waals surface area contributed by atoms with E-state index in [0.717, 1.165) is 25.1 Å². The van der Waals surface area contributed by atoms with Gasteiger partial charge in [-0.25, -0.2) is 9.37 Å². The third kappa shape index (κ3) is 5.46. The monoisotopic (exact) mass is 366 g/mol. The predicted molar refractivity (Wildman–Crippen MR) is 107 cm³/mol. The van der Waals surface area contributed by atoms with E-state index in [2.05, 4.69) is 30.5 Å². The summed E-state index contributed by atoms with van der Waals surface area (Å²) in [7, 11) is 4.08. The highest BCUT2D eigenvalue weighted by Crippen LogP contribution is 2.24. The van der Waals surface area contributed by atoms with Crippen molar-refractivity contribution < 1.29 is 4.39 Å². The Morgan fingerprint density at radius 2 is 1.93 bits per heavy atom. The van der Waals surface area contributed by atoms with Crippen LogP contribution in [-0.2, 0) is 0 Å². The summed E-state index contributed by atoms with van der Waals surface area (Å²) < 4.78 is 14.0. The van der Waals surface area contributed by atoms with Crippen LogP contribution >= 0.6 is 0 Å². The number of hydrogen-bond acceptors (Lipinski definition) is 6. The number of nitrogens with zero attached hydrogens (tertiary/aromatic N) is 4. The molecule has 3 rings (SSSR count). The molecule has 3 aromatic rings. The van der Waals surface area contributed by atoms with Crippen molar-refractivity contribution in [3.8, 4) is 11.3 Å². The number of rotatable bonds is 8. The van der Waals surface area contributed by atoms with E-state index in [-0.39, 0.29) is 5.82 Å². The maximum absolute atomic E-state index is 14.0. The molecule has 27 heavy (non-hydrogen) atoms. The van der Waals surface area contributed by atoms with Crippen molar-refractivity contribution in [1.82, 2.24) is 19.9 Å². The Hall–Kier alpha value is -3.06. The lowest BCUT2D eigenvalue weighted by molar-refractivity contribution is 0.405. The summed E-state index contributed by atoms with van der Waals surface area (Å²) in [5, 5.41) is 6.28. The predicted octanol–water partition coefficient (Wildman–Crippen LogP) is 3.78. The lowest BCUT2D eigenvalue weighted by Gasteiger charge is -2.13. The summed E-state index contributed by atoms with van der Waals surface area (Å²) in [4.78, 5) is 15.3. The van der Waals surface area contributed by atoms with E-state index in [4.69, 9.17) is 0 Å². The first-order valence-corrected chi connectivity index (χ1v) is 8.81. The largest absolute Gasteiger partial charge is 0.354 e. The highest BCUT2D eigenvalue weighted by Gasteiger charge is 2.09. The maximum Gasteiger partial charge on any atom is 0.225 e. The first-order chi connectivity index (χ1) is 13.1. The number of aromatic nitrogens is 3. The minimum Gasteiger partial charge on any atom is -0.354 e. The highest BCUT2D eigenvalue weighted by atomic mass is 19.1. The molecule has 0 saturated heterocycles. The molecule has 1 aromatic carbocycles. The van der Waals surface area contributed by atoms with Gasteiger partial charge >= 0.3 is 0 Å². The van der Waals surface area contributed by atoms with E-state index < -0.39 is 0 Å². The summed E-state index contributed by atoms with van der Waals surface area (Å²) in [5.41, 5.74) is 1.95. The van der Waals surface area contributed by atoms with Gasteiger partial charge in [0.05, 0.1) is 11.4 Å². The van der Waals surface area contributed by atoms with Gasteiger partial charge in [-0.05, 0) is 51.3 Å². The molecule has 7 heteroatoms. The van der Waals surface area contributed by atoms with Crippen LogP contribution in [0.3, 0.4) is 0 Å². The van der Waals surface area contributed by atoms with Crippen LogP contribution in [0.2, 0.25) is 0 Å². The van der Waals surface area contributed by atoms with Crippen LogP contribution in [-0.4, -0.2) is 47.0 Å². The standard InChI is InChI=1S/C20H23FN6/c1-27(2)12-6-11-23-20-25-18(15-7-5-10-22-14-15)13-19(26-20)24-17-9-4-3-8-16(17)21/h3-5,7-10,13-14H,6,11-12H2,1-2H3,(H2,23,24,25,26). The summed E-state index contributed by atoms with van der Waals surface area (Å²) in [6.45, 7) is 1.71. The Labute approximate surface area is 158 Å². The quantitative estimate of drug-likeness (QED) is 0.592. The van der Waals surface area contributed by atoms with Crippen LogP contribution in [0, 0.1) is 5.82 Å². The third-order valence-electron chi connectivity index (χ3n) is 3.89. The molecule has 2 N–H and O–H groups in total. The minimum absolute atomic E-state index is 0.334. The van der Waals surface area contributed by atoms with Crippen LogP contribution < -0.4 is 10.6 Å². The molecule has 0 radical (unpaired) electrons. The Morgan fingerprint density at radius 3 is 2.67 bits per heavy atom. The fourth-order valence-corrected chi connectivity index (χ4v) is 2.55. The van der Waals surface area contributed by atoms with Gasteiger partial charge in [0, 0.05) is 30.6 Å². The lowest BCUT2D eigenvalue weighted by atomic mass is 10.2. The van der Waals surface area contributed by atoms with Crippen LogP contribution in [0.15, 0.2) is 54.9 Å². The molecule has 0 unspecified atom stereocenters. The van der Waals surface area contributed by atoms with Crippen molar-refractivity contribution in [2.45, 2.75) is 6.42 Å². The summed E-state index contributed by atoms with van der Waals surface area (Å²) in [6, 6.07) is 12.1. The van der Waals surface area contributed by atoms with E-state index in [1.54, 1.807) is 36.7 Å². The zero-order valence-electron chi connectivity index (χ0n) is 15.5. The molecule has 0 amide bonds. The lowest BCUT2D eigenvalue weighted by Crippen LogP contribution is -2.17. The molecule has 0 aliphatic heterocycles. The van der Waals surface area contributed by atoms with Gasteiger partial charge in [-0.2, -0.15) is 4.98 Å². The van der Waals surface area contributed by atoms with Crippen molar-refractivity contribution in [3.63, 3.8) is 0 Å². The van der Waals surface area contributed by atoms with Crippen molar-refractivity contribution in [2.75, 3.05) is 37.8 Å². The SMILES string of the molecule is CN(C)CCCNc1nc(Nc2ccccc2F)cc(-c2cccnc2)n1. The fraction of sp³-hybridized carbons (Fsp3) is 0.250. The molecule has 0 atom stereocenters. The van der Waals surface area contributed by atoms with Gasteiger partial charge < -0.3 is 15.5 Å². The van der Waals surface area contributed by atoms with Gasteiger partial charge in [0.1, 0.15) is 11.6 Å². The van der Waals surface area contributed by atoms with Crippen molar-refractivity contribution >= 4 is 17.5 Å². The average molecular weight is 366 g/mol. The first-order valence-electron chi connectivity index (χ1n) is 8.81. The molecule has 0 spiro atoms. The van der Waals surface area contributed by atoms with Gasteiger partial charge in [-0.15, -0.1) is 0 Å². The topological polar surface area (TPSA) is 66.0 Å². The molecular weight excluding hydrogens is 343 g/mol. The molecule has 0 aliphatic rings. The number of para-hydroxylation sites is 1. The van der Waals surface area contributed by atoms with Crippen molar-refractivity contribution in [1.29, 1.82) is 0 Å². The minimum atomic E-state index is -0.334. The normalized spacial score (nSPS) is 10.8. The Morgan fingerprint density at radius 1 is 1.07 bits per heavy atom. The summed E-state index contributed by atoms with van der Waals surface area (Å²) in [5.74, 6) is 0.678. The third-order valence-corrected chi connectivity index (χ3v) is 3.89. The second kappa shape index (κ2) is 9.05. The van der Waals surface area contributed by atoms with Crippen LogP contribution in [0.25, 0.3) is 11.3 Å². The van der Waals surface area contributed by atoms with E-state index in [0.29, 0.717) is 23.1 Å². The smallest absolute Gasteiger partial charge is 0.225 e. The fourth-order valence-electron chi connectivity index (χ4n) is 2.55. The molecule has 6 nitrogen and oxygen atoms in total. The molecule has 140 valence electrons. The number of anilines is 3. The maximum atomic E-state index is 14.0. The van der Waals surface area contributed by atoms with E-state index in [1.165, 1.54) is 6.07 Å². The second-order valence-corrected chi connectivity index (χ2v) is 6.39. The Bertz CT molecular complexity index is 869. The molecular formula is C20H23FN6. The van der Waals surface area contributed by atoms with Gasteiger partial charge in [0.2, 0.25) is 5.95 Å². The van der Waals surface area contributed by atoms with E-state index in [9.17, 15) is 4.39 Å². The average Bonchev–Trinajstić information content (AvgIpc) is 2.67. The molecule has 0 bridgehead atoms. The molecule has 0 aliphatic carbocycles. The number of pyridine rings is 1. The Balaban J connectivity index is 1.85. The zero-order chi connectivity index (χ0) is 19.1. The van der Waals surface area contributed by atoms with E-state index in [1.807, 2.05) is 26.2 Å². The van der Waals surface area contributed by atoms with Gasteiger partial charge in [-0.1, -0.05) is 12.1 Å². The molecule has 0 fully saturated rings. The van der Waals surface area contributed by atoms with Crippen LogP contribution in [0.4, 0.5) is 21.8 Å². The number of hydrogen-bond donors (Lipinski definition) is 2. The molecule has 0 saturated carbocycles. The molecule has 2 heterocycles. The first kappa shape index (κ1) is 18.7. The molecule has 2 aromatic heterocycles. The van der Waals surface area contributed by atoms with Gasteiger partial charge in [-0.3, -0.25) is 4.98 Å². The Kier molecular flexibility index (Phi) is 6.27. The van der Waals surface area contributed by atoms with Crippen LogP contribution in [0.1, 0.15) is 6.42 Å². The van der Waals surface area contributed by atoms with Crippen molar-refractivity contribution in [3.05, 3.63) is 60.7 Å². The van der Waals surface area contributed by atoms with Crippen LogP contribution in [0.5, 0.6) is 0 Å².